The highest BCUT2D eigenvalue weighted by Crippen LogP contribution is 2.37. The van der Waals surface area contributed by atoms with E-state index in [0.29, 0.717) is 17.0 Å². The number of aliphatic hydroxyl groups is 1. The molecule has 7 heteroatoms. The number of hydrogen-bond donors (Lipinski definition) is 4. The first-order valence-corrected chi connectivity index (χ1v) is 9.93. The predicted octanol–water partition coefficient (Wildman–Crippen LogP) is 3.92. The van der Waals surface area contributed by atoms with E-state index in [9.17, 15) is 9.90 Å². The zero-order valence-electron chi connectivity index (χ0n) is 17.3. The zero-order chi connectivity index (χ0) is 22.0. The van der Waals surface area contributed by atoms with Crippen molar-refractivity contribution < 1.29 is 14.6 Å². The van der Waals surface area contributed by atoms with Gasteiger partial charge in [0.05, 0.1) is 24.9 Å². The Bertz CT molecular complexity index is 1270. The minimum atomic E-state index is -0.548. The number of primary amides is 1. The summed E-state index contributed by atoms with van der Waals surface area (Å²) in [5, 5.41) is 18.2. The Kier molecular flexibility index (Phi) is 5.60. The fourth-order valence-corrected chi connectivity index (χ4v) is 3.59. The van der Waals surface area contributed by atoms with E-state index in [0.717, 1.165) is 33.2 Å². The summed E-state index contributed by atoms with van der Waals surface area (Å²) in [6.07, 6.45) is 0. The summed E-state index contributed by atoms with van der Waals surface area (Å²) >= 11 is 0. The van der Waals surface area contributed by atoms with Crippen molar-refractivity contribution in [2.75, 3.05) is 17.7 Å². The van der Waals surface area contributed by atoms with Crippen molar-refractivity contribution in [3.63, 3.8) is 0 Å². The number of nitrogens with two attached hydrogens (primary N) is 1. The molecule has 4 rings (SSSR count). The fraction of sp³-hybridized carbons (Fsp3) is 0.167. The lowest BCUT2D eigenvalue weighted by atomic mass is 10.1. The third-order valence-corrected chi connectivity index (χ3v) is 5.15. The highest BCUT2D eigenvalue weighted by atomic mass is 16.5. The third-order valence-electron chi connectivity index (χ3n) is 5.15. The molecule has 0 fully saturated rings. The Balaban J connectivity index is 1.86. The molecule has 4 aromatic rings. The minimum Gasteiger partial charge on any atom is -0.494 e. The van der Waals surface area contributed by atoms with Gasteiger partial charge in [0.15, 0.2) is 0 Å². The number of anilines is 3. The summed E-state index contributed by atoms with van der Waals surface area (Å²) in [6, 6.07) is 18.6. The Labute approximate surface area is 179 Å². The summed E-state index contributed by atoms with van der Waals surface area (Å²) in [5.41, 5.74) is 9.99. The zero-order valence-corrected chi connectivity index (χ0v) is 17.3. The summed E-state index contributed by atoms with van der Waals surface area (Å²) in [5.74, 6) is 0.232. The summed E-state index contributed by atoms with van der Waals surface area (Å²) < 4.78 is 5.53. The van der Waals surface area contributed by atoms with Crippen molar-refractivity contribution in [3.8, 4) is 5.75 Å². The van der Waals surface area contributed by atoms with Crippen LogP contribution in [0.25, 0.3) is 21.8 Å². The summed E-state index contributed by atoms with van der Waals surface area (Å²) in [4.78, 5) is 16.3. The molecule has 0 aliphatic carbocycles. The van der Waals surface area contributed by atoms with Crippen molar-refractivity contribution in [3.05, 3.63) is 66.2 Å². The van der Waals surface area contributed by atoms with E-state index in [4.69, 9.17) is 15.5 Å². The van der Waals surface area contributed by atoms with Crippen molar-refractivity contribution in [2.45, 2.75) is 19.6 Å². The number of carbonyl (C=O) groups excluding carboxylic acids is 1. The van der Waals surface area contributed by atoms with E-state index in [1.807, 2.05) is 54.6 Å². The molecule has 31 heavy (non-hydrogen) atoms. The van der Waals surface area contributed by atoms with Crippen LogP contribution in [0.2, 0.25) is 0 Å². The van der Waals surface area contributed by atoms with Crippen LogP contribution in [0, 0.1) is 0 Å². The molecular weight excluding hydrogens is 392 g/mol. The fourth-order valence-electron chi connectivity index (χ4n) is 3.59. The number of nitrogens with zero attached hydrogens (tertiary/aromatic N) is 1. The van der Waals surface area contributed by atoms with Crippen molar-refractivity contribution in [2.24, 2.45) is 5.73 Å². The van der Waals surface area contributed by atoms with Gasteiger partial charge in [0.25, 0.3) is 0 Å². The monoisotopic (exact) mass is 416 g/mol. The molecule has 0 spiro atoms. The SMILES string of the molecule is COc1cccc2c(Nc3cc(CO)cc(N[C@@H](C)C(N)=O)c3)c3ccccc3nc12. The van der Waals surface area contributed by atoms with Crippen LogP contribution in [-0.2, 0) is 11.4 Å². The molecule has 158 valence electrons. The van der Waals surface area contributed by atoms with Gasteiger partial charge < -0.3 is 26.2 Å². The van der Waals surface area contributed by atoms with E-state index in [2.05, 4.69) is 10.6 Å². The van der Waals surface area contributed by atoms with Gasteiger partial charge >= 0.3 is 0 Å². The number of benzene rings is 3. The number of amides is 1. The molecule has 0 saturated carbocycles. The van der Waals surface area contributed by atoms with Crippen molar-refractivity contribution in [1.82, 2.24) is 4.98 Å². The Morgan fingerprint density at radius 2 is 1.84 bits per heavy atom. The molecular formula is C24H24N4O3. The van der Waals surface area contributed by atoms with E-state index in [1.165, 1.54) is 0 Å². The smallest absolute Gasteiger partial charge is 0.239 e. The van der Waals surface area contributed by atoms with Crippen LogP contribution in [0.1, 0.15) is 12.5 Å². The normalized spacial score (nSPS) is 12.0. The second-order valence-corrected chi connectivity index (χ2v) is 7.33. The minimum absolute atomic E-state index is 0.138. The van der Waals surface area contributed by atoms with Gasteiger partial charge in [-0.2, -0.15) is 0 Å². The van der Waals surface area contributed by atoms with E-state index < -0.39 is 11.9 Å². The van der Waals surface area contributed by atoms with Crippen LogP contribution in [0.15, 0.2) is 60.7 Å². The first-order valence-electron chi connectivity index (χ1n) is 9.93. The second-order valence-electron chi connectivity index (χ2n) is 7.33. The average Bonchev–Trinajstić information content (AvgIpc) is 2.78. The number of ether oxygens (including phenoxy) is 1. The highest BCUT2D eigenvalue weighted by molar-refractivity contribution is 6.10. The molecule has 0 aliphatic heterocycles. The maximum Gasteiger partial charge on any atom is 0.239 e. The molecule has 5 N–H and O–H groups in total. The number of hydrogen-bond acceptors (Lipinski definition) is 6. The van der Waals surface area contributed by atoms with Gasteiger partial charge in [0, 0.05) is 22.1 Å². The molecule has 0 bridgehead atoms. The molecule has 0 saturated heterocycles. The number of pyridine rings is 1. The number of rotatable bonds is 7. The van der Waals surface area contributed by atoms with Gasteiger partial charge in [-0.1, -0.05) is 30.3 Å². The van der Waals surface area contributed by atoms with Crippen LogP contribution in [0.5, 0.6) is 5.75 Å². The standard InChI is InChI=1S/C24H24N4O3/c1-14(24(25)30)26-16-10-15(13-29)11-17(12-16)27-22-18-6-3-4-8-20(18)28-23-19(22)7-5-9-21(23)31-2/h3-12,14,26,29H,13H2,1-2H3,(H2,25,30)(H,27,28)/t14-/m0/s1. The Hall–Kier alpha value is -3.84. The van der Waals surface area contributed by atoms with E-state index >= 15 is 0 Å². The van der Waals surface area contributed by atoms with Crippen LogP contribution < -0.4 is 21.1 Å². The molecule has 3 aromatic carbocycles. The molecule has 1 aromatic heterocycles. The van der Waals surface area contributed by atoms with Gasteiger partial charge in [0.2, 0.25) is 5.91 Å². The lowest BCUT2D eigenvalue weighted by Crippen LogP contribution is -2.32. The first kappa shape index (κ1) is 20.4. The molecule has 0 aliphatic rings. The molecule has 7 nitrogen and oxygen atoms in total. The molecule has 1 heterocycles. The summed E-state index contributed by atoms with van der Waals surface area (Å²) in [7, 11) is 1.63. The first-order chi connectivity index (χ1) is 15.0. The number of para-hydroxylation sites is 2. The topological polar surface area (TPSA) is 109 Å². The summed E-state index contributed by atoms with van der Waals surface area (Å²) in [6.45, 7) is 1.55. The Morgan fingerprint density at radius 3 is 2.58 bits per heavy atom. The third kappa shape index (κ3) is 4.08. The number of carbonyl (C=O) groups is 1. The second kappa shape index (κ2) is 8.49. The van der Waals surface area contributed by atoms with E-state index in [-0.39, 0.29) is 6.61 Å². The van der Waals surface area contributed by atoms with Crippen molar-refractivity contribution in [1.29, 1.82) is 0 Å². The van der Waals surface area contributed by atoms with Gasteiger partial charge in [-0.25, -0.2) is 4.98 Å². The Morgan fingerprint density at radius 1 is 1.10 bits per heavy atom. The van der Waals surface area contributed by atoms with Gasteiger partial charge in [-0.15, -0.1) is 0 Å². The van der Waals surface area contributed by atoms with Crippen LogP contribution in [0.4, 0.5) is 17.1 Å². The number of fused-ring (bicyclic) bond motifs is 2. The number of nitrogens with one attached hydrogen (secondary N) is 2. The predicted molar refractivity (Wildman–Crippen MR) is 124 cm³/mol. The van der Waals surface area contributed by atoms with E-state index in [1.54, 1.807) is 20.1 Å². The molecule has 1 atom stereocenters. The quantitative estimate of drug-likeness (QED) is 0.340. The lowest BCUT2D eigenvalue weighted by Gasteiger charge is -2.18. The van der Waals surface area contributed by atoms with Crippen LogP contribution >= 0.6 is 0 Å². The largest absolute Gasteiger partial charge is 0.494 e. The van der Waals surface area contributed by atoms with Gasteiger partial charge in [-0.3, -0.25) is 4.79 Å². The number of methoxy groups -OCH3 is 1. The highest BCUT2D eigenvalue weighted by Gasteiger charge is 2.14. The molecule has 1 amide bonds. The maximum atomic E-state index is 11.5. The number of aromatic nitrogens is 1. The maximum absolute atomic E-state index is 11.5. The van der Waals surface area contributed by atoms with Gasteiger partial charge in [0.1, 0.15) is 17.3 Å². The van der Waals surface area contributed by atoms with Crippen LogP contribution in [-0.4, -0.2) is 29.1 Å². The van der Waals surface area contributed by atoms with Crippen LogP contribution in [0.3, 0.4) is 0 Å². The average molecular weight is 416 g/mol. The number of aliphatic hydroxyl groups excluding tert-OH is 1. The molecule has 0 radical (unpaired) electrons. The van der Waals surface area contributed by atoms with Crippen molar-refractivity contribution >= 4 is 44.8 Å². The molecule has 0 unspecified atom stereocenters. The lowest BCUT2D eigenvalue weighted by molar-refractivity contribution is -0.118. The van der Waals surface area contributed by atoms with Gasteiger partial charge in [-0.05, 0) is 42.8 Å².